The minimum atomic E-state index is -0.442. The molecule has 0 atom stereocenters. The third-order valence-electron chi connectivity index (χ3n) is 4.77. The lowest BCUT2D eigenvalue weighted by Crippen LogP contribution is -2.42. The van der Waals surface area contributed by atoms with Crippen molar-refractivity contribution in [3.05, 3.63) is 84.4 Å². The van der Waals surface area contributed by atoms with Gasteiger partial charge in [0.05, 0.1) is 12.9 Å². The first-order valence-corrected chi connectivity index (χ1v) is 11.2. The van der Waals surface area contributed by atoms with Crippen molar-refractivity contribution in [2.45, 2.75) is 5.16 Å². The Bertz CT molecular complexity index is 1280. The van der Waals surface area contributed by atoms with E-state index in [-0.39, 0.29) is 11.5 Å². The number of thioether (sulfide) groups is 1. The highest BCUT2D eigenvalue weighted by Crippen LogP contribution is 2.28. The zero-order valence-corrected chi connectivity index (χ0v) is 19.0. The molecule has 0 spiro atoms. The number of para-hydroxylation sites is 1. The van der Waals surface area contributed by atoms with Crippen LogP contribution in [0, 0.1) is 0 Å². The predicted octanol–water partition coefficient (Wildman–Crippen LogP) is 3.20. The lowest BCUT2D eigenvalue weighted by Gasteiger charge is -2.11. The van der Waals surface area contributed by atoms with Gasteiger partial charge in [0.1, 0.15) is 11.5 Å². The van der Waals surface area contributed by atoms with Crippen LogP contribution in [-0.2, 0) is 4.79 Å². The van der Waals surface area contributed by atoms with Gasteiger partial charge in [0, 0.05) is 16.8 Å². The highest BCUT2D eigenvalue weighted by Gasteiger charge is 2.17. The van der Waals surface area contributed by atoms with Crippen molar-refractivity contribution < 1.29 is 19.4 Å². The van der Waals surface area contributed by atoms with Crippen LogP contribution in [0.1, 0.15) is 10.4 Å². The summed E-state index contributed by atoms with van der Waals surface area (Å²) in [7, 11) is 1.54. The van der Waals surface area contributed by atoms with E-state index in [4.69, 9.17) is 4.74 Å². The molecule has 10 heteroatoms. The summed E-state index contributed by atoms with van der Waals surface area (Å²) in [6, 6.07) is 22.7. The number of methoxy groups -OCH3 is 1. The molecule has 4 aromatic rings. The van der Waals surface area contributed by atoms with E-state index in [1.165, 1.54) is 11.8 Å². The molecule has 34 heavy (non-hydrogen) atoms. The average molecular weight is 476 g/mol. The number of ether oxygens (including phenoxy) is 1. The first-order chi connectivity index (χ1) is 16.5. The van der Waals surface area contributed by atoms with Gasteiger partial charge in [-0.1, -0.05) is 30.0 Å². The van der Waals surface area contributed by atoms with Crippen LogP contribution >= 0.6 is 11.8 Å². The van der Waals surface area contributed by atoms with Gasteiger partial charge in [-0.3, -0.25) is 25.0 Å². The van der Waals surface area contributed by atoms with Crippen LogP contribution in [0.3, 0.4) is 0 Å². The van der Waals surface area contributed by atoms with Crippen LogP contribution in [0.25, 0.3) is 17.1 Å². The fraction of sp³-hybridized carbons (Fsp3) is 0.0833. The molecule has 4 rings (SSSR count). The van der Waals surface area contributed by atoms with Crippen molar-refractivity contribution >= 4 is 23.6 Å². The SMILES string of the molecule is COc1ccc(C(=O)NNC(=O)CSc2nnc(-c3ccc(O)cc3)n2-c2ccccc2)cc1. The van der Waals surface area contributed by atoms with Crippen LogP contribution in [0.5, 0.6) is 11.5 Å². The van der Waals surface area contributed by atoms with Crippen LogP contribution in [0.4, 0.5) is 0 Å². The van der Waals surface area contributed by atoms with E-state index in [1.54, 1.807) is 55.6 Å². The van der Waals surface area contributed by atoms with Gasteiger partial charge in [-0.15, -0.1) is 10.2 Å². The molecule has 2 amide bonds. The van der Waals surface area contributed by atoms with Crippen molar-refractivity contribution in [3.63, 3.8) is 0 Å². The van der Waals surface area contributed by atoms with Gasteiger partial charge in [0.25, 0.3) is 5.91 Å². The molecule has 1 heterocycles. The second kappa shape index (κ2) is 10.5. The molecule has 0 unspecified atom stereocenters. The monoisotopic (exact) mass is 475 g/mol. The number of nitrogens with zero attached hydrogens (tertiary/aromatic N) is 3. The third-order valence-corrected chi connectivity index (χ3v) is 5.70. The number of hydrogen-bond donors (Lipinski definition) is 3. The van der Waals surface area contributed by atoms with Crippen LogP contribution < -0.4 is 15.6 Å². The number of hydrazine groups is 1. The first kappa shape index (κ1) is 22.9. The van der Waals surface area contributed by atoms with Crippen LogP contribution in [0.2, 0.25) is 0 Å². The molecule has 0 saturated heterocycles. The highest BCUT2D eigenvalue weighted by atomic mass is 32.2. The van der Waals surface area contributed by atoms with Crippen molar-refractivity contribution in [1.29, 1.82) is 0 Å². The smallest absolute Gasteiger partial charge is 0.269 e. The van der Waals surface area contributed by atoms with E-state index >= 15 is 0 Å². The minimum absolute atomic E-state index is 0.00341. The maximum absolute atomic E-state index is 12.4. The average Bonchev–Trinajstić information content (AvgIpc) is 3.31. The number of carbonyl (C=O) groups is 2. The van der Waals surface area contributed by atoms with E-state index < -0.39 is 11.8 Å². The highest BCUT2D eigenvalue weighted by molar-refractivity contribution is 7.99. The summed E-state index contributed by atoms with van der Waals surface area (Å²) < 4.78 is 6.90. The second-order valence-corrected chi connectivity index (χ2v) is 7.99. The fourth-order valence-electron chi connectivity index (χ4n) is 3.08. The van der Waals surface area contributed by atoms with Crippen molar-refractivity contribution in [2.24, 2.45) is 0 Å². The van der Waals surface area contributed by atoms with Crippen molar-refractivity contribution in [1.82, 2.24) is 25.6 Å². The second-order valence-electron chi connectivity index (χ2n) is 7.04. The number of carbonyl (C=O) groups excluding carboxylic acids is 2. The van der Waals surface area contributed by atoms with Crippen LogP contribution in [0.15, 0.2) is 84.0 Å². The molecule has 0 saturated carbocycles. The zero-order chi connectivity index (χ0) is 23.9. The number of aromatic nitrogens is 3. The molecular formula is C24H21N5O4S. The maximum atomic E-state index is 12.4. The van der Waals surface area contributed by atoms with Crippen LogP contribution in [-0.4, -0.2) is 44.5 Å². The number of phenols is 1. The van der Waals surface area contributed by atoms with Gasteiger partial charge in [-0.2, -0.15) is 0 Å². The Morgan fingerprint density at radius 1 is 0.941 bits per heavy atom. The quantitative estimate of drug-likeness (QED) is 0.277. The normalized spacial score (nSPS) is 10.5. The summed E-state index contributed by atoms with van der Waals surface area (Å²) in [5.41, 5.74) is 6.78. The summed E-state index contributed by atoms with van der Waals surface area (Å²) in [5, 5.41) is 18.7. The summed E-state index contributed by atoms with van der Waals surface area (Å²) in [4.78, 5) is 24.6. The Morgan fingerprint density at radius 3 is 2.32 bits per heavy atom. The summed E-state index contributed by atoms with van der Waals surface area (Å²) in [5.74, 6) is 0.512. The fourth-order valence-corrected chi connectivity index (χ4v) is 3.83. The van der Waals surface area contributed by atoms with Gasteiger partial charge in [-0.05, 0) is 60.7 Å². The molecule has 1 aromatic heterocycles. The molecule has 9 nitrogen and oxygen atoms in total. The number of amides is 2. The Kier molecular flexibility index (Phi) is 7.09. The Morgan fingerprint density at radius 2 is 1.65 bits per heavy atom. The molecule has 172 valence electrons. The molecule has 0 aliphatic heterocycles. The maximum Gasteiger partial charge on any atom is 0.269 e. The van der Waals surface area contributed by atoms with E-state index in [2.05, 4.69) is 21.0 Å². The number of hydrogen-bond acceptors (Lipinski definition) is 7. The van der Waals surface area contributed by atoms with Crippen molar-refractivity contribution in [3.8, 4) is 28.6 Å². The summed E-state index contributed by atoms with van der Waals surface area (Å²) >= 11 is 1.18. The molecular weight excluding hydrogens is 454 g/mol. The van der Waals surface area contributed by atoms with Gasteiger partial charge < -0.3 is 9.84 Å². The van der Waals surface area contributed by atoms with Crippen molar-refractivity contribution in [2.75, 3.05) is 12.9 Å². The van der Waals surface area contributed by atoms with E-state index in [0.29, 0.717) is 22.3 Å². The number of aromatic hydroxyl groups is 1. The summed E-state index contributed by atoms with van der Waals surface area (Å²) in [6.45, 7) is 0. The molecule has 0 radical (unpaired) electrons. The number of phenolic OH excluding ortho intramolecular Hbond substituents is 1. The van der Waals surface area contributed by atoms with E-state index in [9.17, 15) is 14.7 Å². The molecule has 0 bridgehead atoms. The van der Waals surface area contributed by atoms with Gasteiger partial charge in [0.15, 0.2) is 11.0 Å². The Hall–Kier alpha value is -4.31. The Balaban J connectivity index is 1.44. The predicted molar refractivity (Wildman–Crippen MR) is 128 cm³/mol. The Labute approximate surface area is 199 Å². The topological polar surface area (TPSA) is 118 Å². The number of rotatable bonds is 7. The molecule has 0 fully saturated rings. The van der Waals surface area contributed by atoms with Gasteiger partial charge >= 0.3 is 0 Å². The summed E-state index contributed by atoms with van der Waals surface area (Å²) in [6.07, 6.45) is 0. The minimum Gasteiger partial charge on any atom is -0.508 e. The van der Waals surface area contributed by atoms with Gasteiger partial charge in [-0.25, -0.2) is 0 Å². The zero-order valence-electron chi connectivity index (χ0n) is 18.1. The standard InChI is InChI=1S/C24H21N5O4S/c1-33-20-13-9-17(10-14-20)23(32)27-25-21(31)15-34-24-28-26-22(16-7-11-19(30)12-8-16)29(24)18-5-3-2-4-6-18/h2-14,30H,15H2,1H3,(H,25,31)(H,27,32). The van der Waals surface area contributed by atoms with E-state index in [1.807, 2.05) is 34.9 Å². The largest absolute Gasteiger partial charge is 0.508 e. The van der Waals surface area contributed by atoms with E-state index in [0.717, 1.165) is 11.3 Å². The molecule has 0 aliphatic rings. The lowest BCUT2D eigenvalue weighted by atomic mass is 10.2. The lowest BCUT2D eigenvalue weighted by molar-refractivity contribution is -0.119. The van der Waals surface area contributed by atoms with Gasteiger partial charge in [0.2, 0.25) is 5.91 Å². The molecule has 3 N–H and O–H groups in total. The first-order valence-electron chi connectivity index (χ1n) is 10.2. The molecule has 3 aromatic carbocycles. The molecule has 0 aliphatic carbocycles. The number of nitrogens with one attached hydrogen (secondary N) is 2. The number of benzene rings is 3. The third kappa shape index (κ3) is 5.36.